The smallest absolute Gasteiger partial charge is 0.239 e. The quantitative estimate of drug-likeness (QED) is 0.482. The van der Waals surface area contributed by atoms with E-state index in [2.05, 4.69) is 25.5 Å². The van der Waals surface area contributed by atoms with Crippen LogP contribution in [-0.2, 0) is 9.53 Å². The Morgan fingerprint density at radius 1 is 1.12 bits per heavy atom. The summed E-state index contributed by atoms with van der Waals surface area (Å²) in [6.45, 7) is 4.82. The molecule has 1 atom stereocenters. The van der Waals surface area contributed by atoms with Crippen LogP contribution in [0, 0.1) is 0 Å². The highest BCUT2D eigenvalue weighted by molar-refractivity contribution is 5.82. The van der Waals surface area contributed by atoms with Gasteiger partial charge in [0.15, 0.2) is 0 Å². The van der Waals surface area contributed by atoms with Gasteiger partial charge in [0.2, 0.25) is 11.9 Å². The summed E-state index contributed by atoms with van der Waals surface area (Å²) in [6, 6.07) is 15.0. The van der Waals surface area contributed by atoms with Gasteiger partial charge in [0.1, 0.15) is 11.8 Å². The fourth-order valence-corrected chi connectivity index (χ4v) is 3.59. The molecule has 1 aliphatic heterocycles. The van der Waals surface area contributed by atoms with Gasteiger partial charge in [0.05, 0.1) is 31.7 Å². The molecule has 2 aromatic carbocycles. The van der Waals surface area contributed by atoms with Crippen molar-refractivity contribution >= 4 is 28.9 Å². The number of benzene rings is 2. The van der Waals surface area contributed by atoms with Crippen molar-refractivity contribution in [1.29, 1.82) is 0 Å². The minimum Gasteiger partial charge on any atom is -0.495 e. The Morgan fingerprint density at radius 3 is 2.55 bits per heavy atom. The summed E-state index contributed by atoms with van der Waals surface area (Å²) in [6.07, 6.45) is 1.71. The summed E-state index contributed by atoms with van der Waals surface area (Å²) >= 11 is 0. The third-order valence-electron chi connectivity index (χ3n) is 5.43. The Morgan fingerprint density at radius 2 is 1.85 bits per heavy atom. The lowest BCUT2D eigenvalue weighted by Crippen LogP contribution is -2.36. The van der Waals surface area contributed by atoms with Crippen LogP contribution in [0.1, 0.15) is 6.92 Å². The summed E-state index contributed by atoms with van der Waals surface area (Å²) in [5, 5.41) is 6.32. The summed E-state index contributed by atoms with van der Waals surface area (Å²) in [5.41, 5.74) is 9.70. The van der Waals surface area contributed by atoms with E-state index in [0.29, 0.717) is 19.2 Å². The molecule has 1 aromatic heterocycles. The van der Waals surface area contributed by atoms with Crippen molar-refractivity contribution in [2.75, 3.05) is 48.9 Å². The fraction of sp³-hybridized carbons (Fsp3) is 0.292. The van der Waals surface area contributed by atoms with E-state index in [1.165, 1.54) is 0 Å². The first kappa shape index (κ1) is 22.3. The van der Waals surface area contributed by atoms with E-state index >= 15 is 0 Å². The normalized spacial score (nSPS) is 14.4. The van der Waals surface area contributed by atoms with Gasteiger partial charge in [0.25, 0.3) is 0 Å². The van der Waals surface area contributed by atoms with E-state index in [1.807, 2.05) is 48.5 Å². The number of primary amides is 1. The summed E-state index contributed by atoms with van der Waals surface area (Å²) in [7, 11) is 1.67. The van der Waals surface area contributed by atoms with Crippen LogP contribution in [-0.4, -0.2) is 55.3 Å². The lowest BCUT2D eigenvalue weighted by molar-refractivity contribution is -0.118. The first-order valence-corrected chi connectivity index (χ1v) is 10.8. The number of nitrogens with one attached hydrogen (secondary N) is 2. The molecule has 0 saturated carbocycles. The molecule has 9 heteroatoms. The van der Waals surface area contributed by atoms with Gasteiger partial charge >= 0.3 is 0 Å². The molecular weight excluding hydrogens is 420 g/mol. The van der Waals surface area contributed by atoms with E-state index in [0.717, 1.165) is 47.2 Å². The van der Waals surface area contributed by atoms with Crippen LogP contribution in [0.25, 0.3) is 11.3 Å². The van der Waals surface area contributed by atoms with Gasteiger partial charge in [-0.15, -0.1) is 0 Å². The minimum atomic E-state index is -0.447. The topological polar surface area (TPSA) is 115 Å². The Hall–Kier alpha value is -3.85. The molecule has 4 N–H and O–H groups in total. The van der Waals surface area contributed by atoms with Crippen LogP contribution in [0.3, 0.4) is 0 Å². The monoisotopic (exact) mass is 448 g/mol. The first-order chi connectivity index (χ1) is 16.0. The molecule has 1 amide bonds. The lowest BCUT2D eigenvalue weighted by atomic mass is 10.1. The predicted molar refractivity (Wildman–Crippen MR) is 129 cm³/mol. The largest absolute Gasteiger partial charge is 0.495 e. The highest BCUT2D eigenvalue weighted by atomic mass is 16.5. The van der Waals surface area contributed by atoms with Gasteiger partial charge in [-0.3, -0.25) is 4.79 Å². The summed E-state index contributed by atoms with van der Waals surface area (Å²) < 4.78 is 11.1. The molecule has 0 bridgehead atoms. The number of morpholine rings is 1. The van der Waals surface area contributed by atoms with Crippen molar-refractivity contribution in [2.45, 2.75) is 13.0 Å². The molecule has 1 aliphatic rings. The number of carbonyl (C=O) groups is 1. The van der Waals surface area contributed by atoms with Gasteiger partial charge in [-0.25, -0.2) is 9.97 Å². The zero-order valence-corrected chi connectivity index (χ0v) is 18.7. The maximum absolute atomic E-state index is 11.2. The van der Waals surface area contributed by atoms with E-state index in [-0.39, 0.29) is 0 Å². The maximum Gasteiger partial charge on any atom is 0.239 e. The highest BCUT2D eigenvalue weighted by Crippen LogP contribution is 2.32. The minimum absolute atomic E-state index is 0.403. The Balaban J connectivity index is 1.48. The standard InChI is InChI=1S/C24H28N6O3/c1-16(23(25)31)27-18-5-3-17(4-6-18)20-9-10-26-24(29-20)28-19-7-8-21(22(15-19)32-2)30-11-13-33-14-12-30/h3-10,15-16,27H,11-14H2,1-2H3,(H2,25,31)(H,26,28,29)/t16-/m1/s1. The molecule has 9 nitrogen and oxygen atoms in total. The Labute approximate surface area is 192 Å². The van der Waals surface area contributed by atoms with Crippen molar-refractivity contribution in [2.24, 2.45) is 5.73 Å². The van der Waals surface area contributed by atoms with Crippen LogP contribution in [0.2, 0.25) is 0 Å². The number of nitrogens with two attached hydrogens (primary N) is 1. The van der Waals surface area contributed by atoms with Gasteiger partial charge in [-0.05, 0) is 37.3 Å². The number of aromatic nitrogens is 2. The van der Waals surface area contributed by atoms with Gasteiger partial charge in [-0.2, -0.15) is 0 Å². The van der Waals surface area contributed by atoms with Crippen molar-refractivity contribution in [3.05, 3.63) is 54.7 Å². The lowest BCUT2D eigenvalue weighted by Gasteiger charge is -2.30. The second-order valence-corrected chi connectivity index (χ2v) is 7.72. The van der Waals surface area contributed by atoms with Crippen molar-refractivity contribution in [3.63, 3.8) is 0 Å². The molecule has 3 aromatic rings. The van der Waals surface area contributed by atoms with E-state index in [1.54, 1.807) is 20.2 Å². The zero-order chi connectivity index (χ0) is 23.2. The zero-order valence-electron chi connectivity index (χ0n) is 18.7. The van der Waals surface area contributed by atoms with E-state index in [9.17, 15) is 4.79 Å². The van der Waals surface area contributed by atoms with Crippen molar-refractivity contribution in [1.82, 2.24) is 9.97 Å². The molecule has 1 fully saturated rings. The number of methoxy groups -OCH3 is 1. The first-order valence-electron chi connectivity index (χ1n) is 10.8. The second kappa shape index (κ2) is 10.2. The molecule has 0 aliphatic carbocycles. The van der Waals surface area contributed by atoms with E-state index < -0.39 is 11.9 Å². The second-order valence-electron chi connectivity index (χ2n) is 7.72. The molecular formula is C24H28N6O3. The van der Waals surface area contributed by atoms with Gasteiger partial charge in [-0.1, -0.05) is 12.1 Å². The van der Waals surface area contributed by atoms with Crippen LogP contribution in [0.5, 0.6) is 5.75 Å². The average molecular weight is 449 g/mol. The van der Waals surface area contributed by atoms with Crippen molar-refractivity contribution in [3.8, 4) is 17.0 Å². The molecule has 4 rings (SSSR count). The number of hydrogen-bond donors (Lipinski definition) is 3. The molecule has 1 saturated heterocycles. The number of rotatable bonds is 8. The third-order valence-corrected chi connectivity index (χ3v) is 5.43. The fourth-order valence-electron chi connectivity index (χ4n) is 3.59. The number of amides is 1. The molecule has 2 heterocycles. The van der Waals surface area contributed by atoms with Crippen LogP contribution in [0.15, 0.2) is 54.7 Å². The van der Waals surface area contributed by atoms with Crippen LogP contribution in [0.4, 0.5) is 23.0 Å². The number of ether oxygens (including phenoxy) is 2. The number of hydrogen-bond acceptors (Lipinski definition) is 8. The van der Waals surface area contributed by atoms with Gasteiger partial charge in [0, 0.05) is 42.3 Å². The SMILES string of the molecule is COc1cc(Nc2nccc(-c3ccc(N[C@H](C)C(N)=O)cc3)n2)ccc1N1CCOCC1. The molecule has 172 valence electrons. The third kappa shape index (κ3) is 5.50. The number of carbonyl (C=O) groups excluding carboxylic acids is 1. The highest BCUT2D eigenvalue weighted by Gasteiger charge is 2.16. The van der Waals surface area contributed by atoms with E-state index in [4.69, 9.17) is 15.2 Å². The molecule has 33 heavy (non-hydrogen) atoms. The van der Waals surface area contributed by atoms with Gasteiger partial charge < -0.3 is 30.7 Å². The van der Waals surface area contributed by atoms with Crippen molar-refractivity contribution < 1.29 is 14.3 Å². The van der Waals surface area contributed by atoms with Crippen LogP contribution < -0.4 is 26.0 Å². The number of anilines is 4. The number of nitrogens with zero attached hydrogens (tertiary/aromatic N) is 3. The molecule has 0 unspecified atom stereocenters. The predicted octanol–water partition coefficient (Wildman–Crippen LogP) is 3.02. The molecule has 0 radical (unpaired) electrons. The van der Waals surface area contributed by atoms with Crippen LogP contribution >= 0.6 is 0 Å². The summed E-state index contributed by atoms with van der Waals surface area (Å²) in [5.74, 6) is 0.866. The average Bonchev–Trinajstić information content (AvgIpc) is 2.85. The maximum atomic E-state index is 11.2. The molecule has 0 spiro atoms. The summed E-state index contributed by atoms with van der Waals surface area (Å²) in [4.78, 5) is 22.5. The Bertz CT molecular complexity index is 1100. The Kier molecular flexibility index (Phi) is 6.89.